The molecule has 0 amide bonds. The molecule has 0 spiro atoms. The van der Waals surface area contributed by atoms with E-state index in [-0.39, 0.29) is 5.97 Å². The van der Waals surface area contributed by atoms with E-state index in [1.807, 2.05) is 4.68 Å². The highest BCUT2D eigenvalue weighted by atomic mass is 16.5. The lowest BCUT2D eigenvalue weighted by atomic mass is 10.2. The van der Waals surface area contributed by atoms with Crippen LogP contribution >= 0.6 is 0 Å². The lowest BCUT2D eigenvalue weighted by molar-refractivity contribution is 0.0526. The normalized spacial score (nSPS) is 17.5. The number of nitrogens with zero attached hydrogens (tertiary/aromatic N) is 2. The summed E-state index contributed by atoms with van der Waals surface area (Å²) in [5, 5.41) is 4.20. The minimum atomic E-state index is -0.285. The zero-order chi connectivity index (χ0) is 10.8. The van der Waals surface area contributed by atoms with Crippen LogP contribution in [0.25, 0.3) is 0 Å². The molecular weight excluding hydrogens is 192 g/mol. The lowest BCUT2D eigenvalue weighted by Crippen LogP contribution is -2.08. The van der Waals surface area contributed by atoms with Crippen molar-refractivity contribution in [2.24, 2.45) is 5.92 Å². The fourth-order valence-electron chi connectivity index (χ4n) is 1.68. The Hall–Kier alpha value is -1.32. The Balaban J connectivity index is 2.05. The first-order valence-electron chi connectivity index (χ1n) is 5.43. The van der Waals surface area contributed by atoms with Crippen molar-refractivity contribution in [2.75, 3.05) is 6.61 Å². The van der Waals surface area contributed by atoms with Crippen LogP contribution in [0, 0.1) is 5.92 Å². The van der Waals surface area contributed by atoms with Crippen molar-refractivity contribution in [3.05, 3.63) is 18.0 Å². The maximum Gasteiger partial charge on any atom is 0.341 e. The topological polar surface area (TPSA) is 44.1 Å². The van der Waals surface area contributed by atoms with Crippen molar-refractivity contribution in [2.45, 2.75) is 32.7 Å². The number of rotatable bonds is 4. The predicted octanol–water partition coefficient (Wildman–Crippen LogP) is 2.03. The molecule has 1 aliphatic rings. The zero-order valence-corrected chi connectivity index (χ0v) is 9.14. The highest BCUT2D eigenvalue weighted by Gasteiger charge is 2.29. The van der Waals surface area contributed by atoms with E-state index in [2.05, 4.69) is 12.0 Å². The van der Waals surface area contributed by atoms with Crippen LogP contribution in [0.5, 0.6) is 0 Å². The van der Waals surface area contributed by atoms with Crippen LogP contribution in [0.2, 0.25) is 0 Å². The highest BCUT2D eigenvalue weighted by molar-refractivity contribution is 5.88. The standard InChI is InChI=1S/C11H16N2O2/c1-3-15-11(14)10-6-12-13(7-10)8(2)9-4-5-9/h6-9H,3-5H2,1-2H3. The van der Waals surface area contributed by atoms with Gasteiger partial charge in [0.2, 0.25) is 0 Å². The van der Waals surface area contributed by atoms with Crippen molar-refractivity contribution in [1.82, 2.24) is 9.78 Å². The van der Waals surface area contributed by atoms with Crippen molar-refractivity contribution < 1.29 is 9.53 Å². The third kappa shape index (κ3) is 2.19. The summed E-state index contributed by atoms with van der Waals surface area (Å²) < 4.78 is 6.77. The first-order chi connectivity index (χ1) is 7.22. The van der Waals surface area contributed by atoms with Crippen molar-refractivity contribution in [1.29, 1.82) is 0 Å². The second-order valence-corrected chi connectivity index (χ2v) is 4.01. The summed E-state index contributed by atoms with van der Waals surface area (Å²) in [6, 6.07) is 0.396. The molecule has 1 aromatic rings. The molecule has 0 saturated heterocycles. The molecule has 15 heavy (non-hydrogen) atoms. The Morgan fingerprint density at radius 3 is 3.07 bits per heavy atom. The van der Waals surface area contributed by atoms with E-state index in [1.54, 1.807) is 19.3 Å². The van der Waals surface area contributed by atoms with E-state index in [9.17, 15) is 4.79 Å². The van der Waals surface area contributed by atoms with Gasteiger partial charge in [-0.1, -0.05) is 0 Å². The van der Waals surface area contributed by atoms with E-state index in [0.29, 0.717) is 18.2 Å². The van der Waals surface area contributed by atoms with Crippen molar-refractivity contribution in [3.63, 3.8) is 0 Å². The van der Waals surface area contributed by atoms with E-state index in [0.717, 1.165) is 5.92 Å². The Labute approximate surface area is 89.2 Å². The van der Waals surface area contributed by atoms with Gasteiger partial charge in [-0.2, -0.15) is 5.10 Å². The summed E-state index contributed by atoms with van der Waals surface area (Å²) in [7, 11) is 0. The quantitative estimate of drug-likeness (QED) is 0.711. The lowest BCUT2D eigenvalue weighted by Gasteiger charge is -2.09. The molecule has 1 aromatic heterocycles. The highest BCUT2D eigenvalue weighted by Crippen LogP contribution is 2.38. The fraction of sp³-hybridized carbons (Fsp3) is 0.636. The van der Waals surface area contributed by atoms with Gasteiger partial charge in [0.05, 0.1) is 24.4 Å². The Morgan fingerprint density at radius 2 is 2.47 bits per heavy atom. The van der Waals surface area contributed by atoms with Gasteiger partial charge in [-0.25, -0.2) is 4.79 Å². The molecule has 1 fully saturated rings. The number of aromatic nitrogens is 2. The fourth-order valence-corrected chi connectivity index (χ4v) is 1.68. The average molecular weight is 208 g/mol. The van der Waals surface area contributed by atoms with Crippen molar-refractivity contribution >= 4 is 5.97 Å². The minimum absolute atomic E-state index is 0.285. The molecule has 0 aromatic carbocycles. The van der Waals surface area contributed by atoms with Crippen LogP contribution in [0.3, 0.4) is 0 Å². The van der Waals surface area contributed by atoms with Crippen LogP contribution in [0.4, 0.5) is 0 Å². The van der Waals surface area contributed by atoms with Crippen LogP contribution in [0.1, 0.15) is 43.1 Å². The summed E-state index contributed by atoms with van der Waals surface area (Å²) >= 11 is 0. The first kappa shape index (κ1) is 10.2. The Morgan fingerprint density at radius 1 is 1.73 bits per heavy atom. The van der Waals surface area contributed by atoms with Gasteiger partial charge in [-0.15, -0.1) is 0 Å². The van der Waals surface area contributed by atoms with Gasteiger partial charge in [0.15, 0.2) is 0 Å². The van der Waals surface area contributed by atoms with Gasteiger partial charge >= 0.3 is 5.97 Å². The molecule has 0 radical (unpaired) electrons. The molecular formula is C11H16N2O2. The van der Waals surface area contributed by atoms with E-state index >= 15 is 0 Å². The van der Waals surface area contributed by atoms with Gasteiger partial charge in [0.25, 0.3) is 0 Å². The van der Waals surface area contributed by atoms with Gasteiger partial charge in [0.1, 0.15) is 0 Å². The van der Waals surface area contributed by atoms with Gasteiger partial charge in [0, 0.05) is 6.20 Å². The molecule has 82 valence electrons. The molecule has 1 aliphatic carbocycles. The van der Waals surface area contributed by atoms with E-state index < -0.39 is 0 Å². The summed E-state index contributed by atoms with van der Waals surface area (Å²) in [5.74, 6) is 0.451. The zero-order valence-electron chi connectivity index (χ0n) is 9.14. The summed E-state index contributed by atoms with van der Waals surface area (Å²) in [4.78, 5) is 11.4. The maximum atomic E-state index is 11.4. The van der Waals surface area contributed by atoms with Crippen LogP contribution < -0.4 is 0 Å². The van der Waals surface area contributed by atoms with Crippen LogP contribution in [-0.4, -0.2) is 22.4 Å². The van der Waals surface area contributed by atoms with E-state index in [1.165, 1.54) is 12.8 Å². The average Bonchev–Trinajstić information content (AvgIpc) is 2.95. The summed E-state index contributed by atoms with van der Waals surface area (Å²) in [6.07, 6.45) is 5.91. The van der Waals surface area contributed by atoms with Gasteiger partial charge in [-0.05, 0) is 32.6 Å². The monoisotopic (exact) mass is 208 g/mol. The number of ether oxygens (including phenoxy) is 1. The summed E-state index contributed by atoms with van der Waals surface area (Å²) in [6.45, 7) is 4.34. The smallest absolute Gasteiger partial charge is 0.341 e. The molecule has 0 bridgehead atoms. The van der Waals surface area contributed by atoms with Crippen molar-refractivity contribution in [3.8, 4) is 0 Å². The Bertz CT molecular complexity index is 355. The molecule has 1 unspecified atom stereocenters. The molecule has 2 rings (SSSR count). The predicted molar refractivity (Wildman–Crippen MR) is 55.6 cm³/mol. The number of carbonyl (C=O) groups is 1. The largest absolute Gasteiger partial charge is 0.462 e. The summed E-state index contributed by atoms with van der Waals surface area (Å²) in [5.41, 5.74) is 0.546. The SMILES string of the molecule is CCOC(=O)c1cnn(C(C)C2CC2)c1. The Kier molecular flexibility index (Phi) is 2.75. The number of esters is 1. The number of hydrogen-bond acceptors (Lipinski definition) is 3. The maximum absolute atomic E-state index is 11.4. The number of hydrogen-bond donors (Lipinski definition) is 0. The molecule has 1 heterocycles. The molecule has 1 atom stereocenters. The second-order valence-electron chi connectivity index (χ2n) is 4.01. The second kappa shape index (κ2) is 4.04. The van der Waals surface area contributed by atoms with Crippen LogP contribution in [0.15, 0.2) is 12.4 Å². The minimum Gasteiger partial charge on any atom is -0.462 e. The third-order valence-electron chi connectivity index (χ3n) is 2.83. The number of carbonyl (C=O) groups excluding carboxylic acids is 1. The third-order valence-corrected chi connectivity index (χ3v) is 2.83. The van der Waals surface area contributed by atoms with Gasteiger partial charge in [-0.3, -0.25) is 4.68 Å². The first-order valence-corrected chi connectivity index (χ1v) is 5.43. The van der Waals surface area contributed by atoms with Crippen LogP contribution in [-0.2, 0) is 4.74 Å². The van der Waals surface area contributed by atoms with E-state index in [4.69, 9.17) is 4.74 Å². The molecule has 0 N–H and O–H groups in total. The molecule has 0 aliphatic heterocycles. The molecule has 4 nitrogen and oxygen atoms in total. The molecule has 4 heteroatoms. The molecule has 1 saturated carbocycles. The van der Waals surface area contributed by atoms with Gasteiger partial charge < -0.3 is 4.74 Å².